The molecule has 0 heterocycles. The van der Waals surface area contributed by atoms with Crippen LogP contribution in [-0.2, 0) is 11.2 Å². The zero-order valence-electron chi connectivity index (χ0n) is 11.8. The first-order valence-corrected chi connectivity index (χ1v) is 6.76. The predicted molar refractivity (Wildman–Crippen MR) is 78.8 cm³/mol. The number of amides is 1. The van der Waals surface area contributed by atoms with E-state index in [2.05, 4.69) is 23.2 Å². The van der Waals surface area contributed by atoms with Crippen molar-refractivity contribution in [1.29, 1.82) is 0 Å². The van der Waals surface area contributed by atoms with E-state index in [0.29, 0.717) is 6.54 Å². The van der Waals surface area contributed by atoms with Crippen LogP contribution in [-0.4, -0.2) is 31.5 Å². The van der Waals surface area contributed by atoms with Crippen molar-refractivity contribution in [2.45, 2.75) is 25.7 Å². The summed E-state index contributed by atoms with van der Waals surface area (Å²) in [5.41, 5.74) is 2.19. The number of rotatable bonds is 7. The van der Waals surface area contributed by atoms with E-state index < -0.39 is 6.09 Å². The van der Waals surface area contributed by atoms with Crippen molar-refractivity contribution in [2.24, 2.45) is 0 Å². The zero-order chi connectivity index (χ0) is 14.6. The largest absolute Gasteiger partial charge is 0.465 e. The van der Waals surface area contributed by atoms with Crippen LogP contribution in [0, 0.1) is 11.8 Å². The maximum Gasteiger partial charge on any atom is 0.404 e. The second-order valence-electron chi connectivity index (χ2n) is 4.43. The molecule has 4 nitrogen and oxygen atoms in total. The lowest BCUT2D eigenvalue weighted by atomic mass is 10.1. The summed E-state index contributed by atoms with van der Waals surface area (Å²) >= 11 is 0. The van der Waals surface area contributed by atoms with Gasteiger partial charge in [-0.1, -0.05) is 24.0 Å². The summed E-state index contributed by atoms with van der Waals surface area (Å²) in [6.07, 6.45) is 2.45. The molecule has 108 valence electrons. The third-order valence-electron chi connectivity index (χ3n) is 2.73. The number of methoxy groups -OCH3 is 1. The summed E-state index contributed by atoms with van der Waals surface area (Å²) in [6, 6.07) is 8.07. The highest BCUT2D eigenvalue weighted by molar-refractivity contribution is 5.64. The highest BCUT2D eigenvalue weighted by Gasteiger charge is 1.96. The molecule has 0 saturated heterocycles. The number of carboxylic acid groups (broad SMARTS) is 1. The summed E-state index contributed by atoms with van der Waals surface area (Å²) in [5.74, 6) is 6.26. The SMILES string of the molecule is COCCCC#Cc1cccc(CCCNC(=O)O)c1. The molecule has 2 N–H and O–H groups in total. The molecule has 1 amide bonds. The van der Waals surface area contributed by atoms with Gasteiger partial charge in [-0.05, 0) is 37.0 Å². The van der Waals surface area contributed by atoms with Crippen LogP contribution < -0.4 is 5.32 Å². The molecule has 0 unspecified atom stereocenters. The minimum Gasteiger partial charge on any atom is -0.465 e. The number of aryl methyl sites for hydroxylation is 1. The van der Waals surface area contributed by atoms with Gasteiger partial charge in [-0.15, -0.1) is 0 Å². The number of benzene rings is 1. The van der Waals surface area contributed by atoms with Gasteiger partial charge in [0, 0.05) is 32.2 Å². The third kappa shape index (κ3) is 7.45. The standard InChI is InChI=1S/C16H21NO3/c1-20-12-4-2-3-7-14-8-5-9-15(13-14)10-6-11-17-16(18)19/h5,8-9,13,17H,2,4,6,10-12H2,1H3,(H,18,19). The minimum atomic E-state index is -0.972. The summed E-state index contributed by atoms with van der Waals surface area (Å²) in [6.45, 7) is 1.22. The average Bonchev–Trinajstić information content (AvgIpc) is 2.44. The lowest BCUT2D eigenvalue weighted by Gasteiger charge is -2.02. The maximum atomic E-state index is 10.3. The molecular weight excluding hydrogens is 254 g/mol. The van der Waals surface area contributed by atoms with Gasteiger partial charge in [0.05, 0.1) is 0 Å². The fraction of sp³-hybridized carbons (Fsp3) is 0.438. The fourth-order valence-electron chi connectivity index (χ4n) is 1.76. The highest BCUT2D eigenvalue weighted by atomic mass is 16.5. The van der Waals surface area contributed by atoms with Gasteiger partial charge in [0.2, 0.25) is 0 Å². The topological polar surface area (TPSA) is 58.6 Å². The molecule has 1 aromatic carbocycles. The molecule has 0 bridgehead atoms. The zero-order valence-corrected chi connectivity index (χ0v) is 11.8. The van der Waals surface area contributed by atoms with Gasteiger partial charge in [0.15, 0.2) is 0 Å². The van der Waals surface area contributed by atoms with Crippen molar-refractivity contribution >= 4 is 6.09 Å². The van der Waals surface area contributed by atoms with Crippen LogP contribution in [0.4, 0.5) is 4.79 Å². The van der Waals surface area contributed by atoms with Crippen LogP contribution in [0.2, 0.25) is 0 Å². The lowest BCUT2D eigenvalue weighted by Crippen LogP contribution is -2.22. The van der Waals surface area contributed by atoms with E-state index in [4.69, 9.17) is 9.84 Å². The van der Waals surface area contributed by atoms with Crippen molar-refractivity contribution in [3.8, 4) is 11.8 Å². The molecule has 0 spiro atoms. The van der Waals surface area contributed by atoms with Crippen LogP contribution in [0.5, 0.6) is 0 Å². The van der Waals surface area contributed by atoms with Crippen LogP contribution in [0.25, 0.3) is 0 Å². The Hall–Kier alpha value is -1.99. The second-order valence-corrected chi connectivity index (χ2v) is 4.43. The highest BCUT2D eigenvalue weighted by Crippen LogP contribution is 2.06. The smallest absolute Gasteiger partial charge is 0.404 e. The summed E-state index contributed by atoms with van der Waals surface area (Å²) < 4.78 is 4.97. The lowest BCUT2D eigenvalue weighted by molar-refractivity contribution is 0.194. The Balaban J connectivity index is 2.38. The van der Waals surface area contributed by atoms with E-state index in [1.165, 1.54) is 5.56 Å². The van der Waals surface area contributed by atoms with Gasteiger partial charge in [0.1, 0.15) is 0 Å². The molecule has 0 aromatic heterocycles. The van der Waals surface area contributed by atoms with E-state index in [1.807, 2.05) is 18.2 Å². The van der Waals surface area contributed by atoms with Gasteiger partial charge in [-0.3, -0.25) is 0 Å². The van der Waals surface area contributed by atoms with E-state index >= 15 is 0 Å². The predicted octanol–water partition coefficient (Wildman–Crippen LogP) is 2.66. The van der Waals surface area contributed by atoms with Gasteiger partial charge in [0.25, 0.3) is 0 Å². The number of hydrogen-bond acceptors (Lipinski definition) is 2. The van der Waals surface area contributed by atoms with E-state index in [1.54, 1.807) is 7.11 Å². The first-order chi connectivity index (χ1) is 9.72. The van der Waals surface area contributed by atoms with Crippen molar-refractivity contribution in [2.75, 3.05) is 20.3 Å². The van der Waals surface area contributed by atoms with E-state index in [9.17, 15) is 4.79 Å². The van der Waals surface area contributed by atoms with Gasteiger partial charge in [-0.2, -0.15) is 0 Å². The Bertz CT molecular complexity index is 474. The van der Waals surface area contributed by atoms with Crippen LogP contribution in [0.3, 0.4) is 0 Å². The summed E-state index contributed by atoms with van der Waals surface area (Å²) in [7, 11) is 1.69. The van der Waals surface area contributed by atoms with Gasteiger partial charge >= 0.3 is 6.09 Å². The van der Waals surface area contributed by atoms with Crippen LogP contribution >= 0.6 is 0 Å². The minimum absolute atomic E-state index is 0.474. The first-order valence-electron chi connectivity index (χ1n) is 6.76. The van der Waals surface area contributed by atoms with Gasteiger partial charge < -0.3 is 15.2 Å². The number of carbonyl (C=O) groups is 1. The Morgan fingerprint density at radius 2 is 2.25 bits per heavy atom. The normalized spacial score (nSPS) is 9.65. The molecule has 0 aliphatic carbocycles. The summed E-state index contributed by atoms with van der Waals surface area (Å²) in [5, 5.41) is 10.8. The molecule has 0 saturated carbocycles. The first kappa shape index (κ1) is 16.1. The molecule has 0 atom stereocenters. The van der Waals surface area contributed by atoms with Crippen molar-refractivity contribution < 1.29 is 14.6 Å². The van der Waals surface area contributed by atoms with Crippen LogP contribution in [0.15, 0.2) is 24.3 Å². The Morgan fingerprint density at radius 1 is 1.40 bits per heavy atom. The molecule has 1 rings (SSSR count). The monoisotopic (exact) mass is 275 g/mol. The molecule has 0 fully saturated rings. The molecule has 20 heavy (non-hydrogen) atoms. The maximum absolute atomic E-state index is 10.3. The average molecular weight is 275 g/mol. The number of unbranched alkanes of at least 4 members (excludes halogenated alkanes) is 1. The van der Waals surface area contributed by atoms with E-state index in [-0.39, 0.29) is 0 Å². The van der Waals surface area contributed by atoms with Crippen molar-refractivity contribution in [1.82, 2.24) is 5.32 Å². The molecule has 0 aliphatic heterocycles. The van der Waals surface area contributed by atoms with Gasteiger partial charge in [-0.25, -0.2) is 4.79 Å². The Morgan fingerprint density at radius 3 is 3.00 bits per heavy atom. The number of nitrogens with one attached hydrogen (secondary N) is 1. The van der Waals surface area contributed by atoms with Crippen molar-refractivity contribution in [3.63, 3.8) is 0 Å². The molecule has 0 radical (unpaired) electrons. The van der Waals surface area contributed by atoms with E-state index in [0.717, 1.165) is 37.9 Å². The number of ether oxygens (including phenoxy) is 1. The third-order valence-corrected chi connectivity index (χ3v) is 2.73. The summed E-state index contributed by atoms with van der Waals surface area (Å²) in [4.78, 5) is 10.3. The van der Waals surface area contributed by atoms with Crippen molar-refractivity contribution in [3.05, 3.63) is 35.4 Å². The van der Waals surface area contributed by atoms with Crippen LogP contribution in [0.1, 0.15) is 30.4 Å². The molecule has 0 aliphatic rings. The molecule has 4 heteroatoms. The quantitative estimate of drug-likeness (QED) is 0.594. The Labute approximate surface area is 120 Å². The second kappa shape index (κ2) is 9.88. The molecule has 1 aromatic rings. The Kier molecular flexibility index (Phi) is 7.93. The number of hydrogen-bond donors (Lipinski definition) is 2. The molecular formula is C16H21NO3. The fourth-order valence-corrected chi connectivity index (χ4v) is 1.76.